The summed E-state index contributed by atoms with van der Waals surface area (Å²) in [4.78, 5) is 10.6. The molecule has 1 atom stereocenters. The maximum Gasteiger partial charge on any atom is 0.460 e. The summed E-state index contributed by atoms with van der Waals surface area (Å²) in [5, 5.41) is 8.02. The number of hydrogen-bond donors (Lipinski definition) is 1. The summed E-state index contributed by atoms with van der Waals surface area (Å²) in [6, 6.07) is 0. The molecule has 0 saturated heterocycles. The van der Waals surface area contributed by atoms with Gasteiger partial charge in [0.2, 0.25) is 0 Å². The summed E-state index contributed by atoms with van der Waals surface area (Å²) in [5.74, 6) is -53.8. The molecule has 19 heteroatoms. The van der Waals surface area contributed by atoms with E-state index in [9.17, 15) is 79.4 Å². The highest BCUT2D eigenvalue weighted by atomic mass is 19.4. The molecule has 0 aliphatic rings. The van der Waals surface area contributed by atoms with Crippen molar-refractivity contribution >= 4 is 5.78 Å². The number of halogens is 17. The molecule has 0 radical (unpaired) electrons. The number of Topliss-reactive ketones (excluding diaryl/α,β-unsaturated/α-hetero) is 1. The summed E-state index contributed by atoms with van der Waals surface area (Å²) in [6.45, 7) is 0. The van der Waals surface area contributed by atoms with E-state index in [1.54, 1.807) is 0 Å². The smallest absolute Gasteiger partial charge is 0.351 e. The molecule has 0 aliphatic heterocycles. The van der Waals surface area contributed by atoms with E-state index in [0.29, 0.717) is 0 Å². The number of alkyl halides is 17. The molecule has 0 aromatic heterocycles. The Morgan fingerprint density at radius 3 is 1.00 bits per heavy atom. The molecule has 0 bridgehead atoms. The molecule has 0 rings (SSSR count). The fraction of sp³-hybridized carbons (Fsp3) is 0.889. The number of rotatable bonds is 6. The summed E-state index contributed by atoms with van der Waals surface area (Å²) in [6.07, 6.45) is -15.3. The summed E-state index contributed by atoms with van der Waals surface area (Å²) < 4.78 is 211. The highest BCUT2D eigenvalue weighted by Crippen LogP contribution is 2.59. The van der Waals surface area contributed by atoms with Crippen LogP contribution in [0.5, 0.6) is 0 Å². The molecule has 0 spiro atoms. The first kappa shape index (κ1) is 26.4. The maximum atomic E-state index is 13.0. The van der Waals surface area contributed by atoms with E-state index in [2.05, 4.69) is 0 Å². The molecule has 0 amide bonds. The van der Waals surface area contributed by atoms with Crippen LogP contribution in [0.1, 0.15) is 0 Å². The second-order valence-electron chi connectivity index (χ2n) is 4.82. The molecule has 0 saturated carbocycles. The first-order valence-corrected chi connectivity index (χ1v) is 5.64. The van der Waals surface area contributed by atoms with Crippen LogP contribution in [0, 0.1) is 0 Å². The van der Waals surface area contributed by atoms with Crippen LogP contribution in [0.25, 0.3) is 0 Å². The van der Waals surface area contributed by atoms with Gasteiger partial charge >= 0.3 is 47.8 Å². The lowest BCUT2D eigenvalue weighted by Gasteiger charge is -2.38. The first-order chi connectivity index (χ1) is 11.7. The van der Waals surface area contributed by atoms with Crippen molar-refractivity contribution in [1.29, 1.82) is 0 Å². The van der Waals surface area contributed by atoms with E-state index in [1.807, 2.05) is 0 Å². The third kappa shape index (κ3) is 3.23. The fourth-order valence-electron chi connectivity index (χ4n) is 1.25. The van der Waals surface area contributed by atoms with Crippen LogP contribution >= 0.6 is 0 Å². The molecule has 2 nitrogen and oxygen atoms in total. The SMILES string of the molecule is O=C(C(O)(F)C(F)(F)C(F)(F)F)C(F)(F)C(F)(F)C(F)(F)C(F)(F)C(F)(F)F. The summed E-state index contributed by atoms with van der Waals surface area (Å²) in [5.41, 5.74) is 0. The lowest BCUT2D eigenvalue weighted by Crippen LogP contribution is -2.72. The molecule has 1 N–H and O–H groups in total. The molecular weight excluding hydrogens is 463 g/mol. The summed E-state index contributed by atoms with van der Waals surface area (Å²) >= 11 is 0. The molecule has 28 heavy (non-hydrogen) atoms. The predicted molar refractivity (Wildman–Crippen MR) is 47.9 cm³/mol. The van der Waals surface area contributed by atoms with Crippen molar-refractivity contribution in [2.75, 3.05) is 0 Å². The van der Waals surface area contributed by atoms with Crippen molar-refractivity contribution in [3.63, 3.8) is 0 Å². The van der Waals surface area contributed by atoms with Crippen molar-refractivity contribution in [3.05, 3.63) is 0 Å². The van der Waals surface area contributed by atoms with Crippen LogP contribution < -0.4 is 0 Å². The molecular formula is C9HF17O2. The third-order valence-corrected chi connectivity index (χ3v) is 2.90. The van der Waals surface area contributed by atoms with Gasteiger partial charge in [0, 0.05) is 0 Å². The van der Waals surface area contributed by atoms with Gasteiger partial charge in [-0.15, -0.1) is 0 Å². The predicted octanol–water partition coefficient (Wildman–Crippen LogP) is 4.51. The van der Waals surface area contributed by atoms with E-state index in [-0.39, 0.29) is 0 Å². The minimum Gasteiger partial charge on any atom is -0.351 e. The number of hydrogen-bond acceptors (Lipinski definition) is 2. The van der Waals surface area contributed by atoms with Gasteiger partial charge in [-0.25, -0.2) is 0 Å². The number of carbonyl (C=O) groups is 1. The standard InChI is InChI=1S/C9HF17O2/c10-2(11,1(27)3(12,28)5(15,16)8(21,22)23)4(13,14)6(17,18)7(19,20)9(24,25)26/h28H. The van der Waals surface area contributed by atoms with Crippen molar-refractivity contribution < 1.29 is 84.5 Å². The van der Waals surface area contributed by atoms with Crippen LogP contribution in [0.4, 0.5) is 74.6 Å². The number of carbonyl (C=O) groups excluding carboxylic acids is 1. The van der Waals surface area contributed by atoms with Gasteiger partial charge in [-0.05, 0) is 0 Å². The highest BCUT2D eigenvalue weighted by molar-refractivity contribution is 5.94. The van der Waals surface area contributed by atoms with Crippen LogP contribution in [0.15, 0.2) is 0 Å². The first-order valence-electron chi connectivity index (χ1n) is 5.64. The van der Waals surface area contributed by atoms with Crippen LogP contribution in [0.3, 0.4) is 0 Å². The van der Waals surface area contributed by atoms with E-state index in [0.717, 1.165) is 0 Å². The monoisotopic (exact) mass is 464 g/mol. The largest absolute Gasteiger partial charge is 0.460 e. The van der Waals surface area contributed by atoms with Gasteiger partial charge < -0.3 is 5.11 Å². The highest BCUT2D eigenvalue weighted by Gasteiger charge is 2.91. The Labute approximate surface area is 139 Å². The average Bonchev–Trinajstić information content (AvgIpc) is 2.42. The Balaban J connectivity index is 6.56. The number of ketones is 1. The molecule has 1 unspecified atom stereocenters. The van der Waals surface area contributed by atoms with Crippen molar-refractivity contribution in [1.82, 2.24) is 0 Å². The van der Waals surface area contributed by atoms with Gasteiger partial charge in [0.1, 0.15) is 0 Å². The average molecular weight is 464 g/mol. The zero-order valence-electron chi connectivity index (χ0n) is 11.8. The fourth-order valence-corrected chi connectivity index (χ4v) is 1.25. The molecule has 0 aromatic rings. The van der Waals surface area contributed by atoms with Gasteiger partial charge in [-0.3, -0.25) is 4.79 Å². The van der Waals surface area contributed by atoms with E-state index in [1.165, 1.54) is 0 Å². The van der Waals surface area contributed by atoms with E-state index >= 15 is 0 Å². The van der Waals surface area contributed by atoms with E-state index in [4.69, 9.17) is 5.11 Å². The molecule has 0 aliphatic carbocycles. The van der Waals surface area contributed by atoms with E-state index < -0.39 is 53.6 Å². The second-order valence-corrected chi connectivity index (χ2v) is 4.82. The zero-order valence-corrected chi connectivity index (χ0v) is 11.8. The lowest BCUT2D eigenvalue weighted by molar-refractivity contribution is -0.420. The zero-order chi connectivity index (χ0) is 23.6. The topological polar surface area (TPSA) is 37.3 Å². The Bertz CT molecular complexity index is 609. The summed E-state index contributed by atoms with van der Waals surface area (Å²) in [7, 11) is 0. The normalized spacial score (nSPS) is 18.1. The molecule has 0 fully saturated rings. The minimum absolute atomic E-state index is 5.47. The van der Waals surface area contributed by atoms with Crippen LogP contribution in [-0.4, -0.2) is 58.7 Å². The van der Waals surface area contributed by atoms with Crippen LogP contribution in [-0.2, 0) is 4.79 Å². The van der Waals surface area contributed by atoms with Gasteiger partial charge in [0.15, 0.2) is 0 Å². The Morgan fingerprint density at radius 2 is 0.750 bits per heavy atom. The molecule has 168 valence electrons. The maximum absolute atomic E-state index is 13.0. The Morgan fingerprint density at radius 1 is 0.464 bits per heavy atom. The molecule has 0 heterocycles. The minimum atomic E-state index is -8.43. The number of aliphatic hydroxyl groups is 1. The van der Waals surface area contributed by atoms with Gasteiger partial charge in [0.25, 0.3) is 5.78 Å². The van der Waals surface area contributed by atoms with Crippen molar-refractivity contribution in [2.45, 2.75) is 47.8 Å². The van der Waals surface area contributed by atoms with Crippen LogP contribution in [0.2, 0.25) is 0 Å². The lowest BCUT2D eigenvalue weighted by atomic mass is 9.90. The molecule has 0 aromatic carbocycles. The van der Waals surface area contributed by atoms with Gasteiger partial charge in [-0.1, -0.05) is 0 Å². The quantitative estimate of drug-likeness (QED) is 0.588. The van der Waals surface area contributed by atoms with Gasteiger partial charge in [0.05, 0.1) is 0 Å². The third-order valence-electron chi connectivity index (χ3n) is 2.90. The van der Waals surface area contributed by atoms with Crippen molar-refractivity contribution in [3.8, 4) is 0 Å². The van der Waals surface area contributed by atoms with Crippen molar-refractivity contribution in [2.24, 2.45) is 0 Å². The van der Waals surface area contributed by atoms with Gasteiger partial charge in [-0.2, -0.15) is 74.6 Å². The second kappa shape index (κ2) is 6.22. The Hall–Kier alpha value is -1.56. The Kier molecular flexibility index (Phi) is 5.87.